The maximum absolute atomic E-state index is 13.1. The van der Waals surface area contributed by atoms with Crippen LogP contribution >= 0.6 is 0 Å². The van der Waals surface area contributed by atoms with Crippen LogP contribution in [0.5, 0.6) is 0 Å². The van der Waals surface area contributed by atoms with Crippen LogP contribution < -0.4 is 5.32 Å². The summed E-state index contributed by atoms with van der Waals surface area (Å²) in [6, 6.07) is 6.26. The Labute approximate surface area is 191 Å². The van der Waals surface area contributed by atoms with Gasteiger partial charge in [-0.3, -0.25) is 4.79 Å². The van der Waals surface area contributed by atoms with E-state index in [1.54, 1.807) is 6.08 Å². The van der Waals surface area contributed by atoms with Crippen molar-refractivity contribution < 1.29 is 9.53 Å². The summed E-state index contributed by atoms with van der Waals surface area (Å²) < 4.78 is 7.91. The molecule has 0 aliphatic carbocycles. The molecule has 1 saturated heterocycles. The second-order valence-electron chi connectivity index (χ2n) is 8.80. The molecule has 3 heterocycles. The predicted molar refractivity (Wildman–Crippen MR) is 131 cm³/mol. The topological polar surface area (TPSA) is 46.5 Å². The van der Waals surface area contributed by atoms with Crippen molar-refractivity contribution in [1.82, 2.24) is 14.8 Å². The van der Waals surface area contributed by atoms with Crippen LogP contribution in [-0.2, 0) is 24.2 Å². The zero-order chi connectivity index (χ0) is 22.5. The number of piperidine rings is 1. The van der Waals surface area contributed by atoms with Crippen molar-refractivity contribution in [2.24, 2.45) is 5.92 Å². The maximum atomic E-state index is 13.1. The van der Waals surface area contributed by atoms with Gasteiger partial charge < -0.3 is 19.5 Å². The molecule has 5 heteroatoms. The number of likely N-dealkylation sites (tertiary alicyclic amines) is 1. The van der Waals surface area contributed by atoms with E-state index in [1.807, 2.05) is 30.0 Å². The lowest BCUT2D eigenvalue weighted by atomic mass is 9.98. The summed E-state index contributed by atoms with van der Waals surface area (Å²) >= 11 is 0. The van der Waals surface area contributed by atoms with Crippen LogP contribution in [0.1, 0.15) is 48.3 Å². The van der Waals surface area contributed by atoms with E-state index in [4.69, 9.17) is 4.74 Å². The SMILES string of the molecule is C=C/C(=C\C=C\Cn1c2c(c3cc(C(=O)N4CCC(C)CC4)ccc31)CNCC2)OCC. The molecule has 1 aromatic heterocycles. The summed E-state index contributed by atoms with van der Waals surface area (Å²) in [7, 11) is 0. The Hall–Kier alpha value is -2.79. The van der Waals surface area contributed by atoms with Gasteiger partial charge in [0.15, 0.2) is 0 Å². The van der Waals surface area contributed by atoms with Crippen molar-refractivity contribution in [3.63, 3.8) is 0 Å². The molecule has 1 aromatic carbocycles. The summed E-state index contributed by atoms with van der Waals surface area (Å²) in [6.45, 7) is 13.0. The Bertz CT molecular complexity index is 1040. The number of rotatable bonds is 7. The van der Waals surface area contributed by atoms with Gasteiger partial charge in [-0.15, -0.1) is 0 Å². The van der Waals surface area contributed by atoms with Crippen molar-refractivity contribution in [2.75, 3.05) is 26.2 Å². The second kappa shape index (κ2) is 10.2. The summed E-state index contributed by atoms with van der Waals surface area (Å²) in [5.74, 6) is 1.66. The molecule has 32 heavy (non-hydrogen) atoms. The first-order valence-electron chi connectivity index (χ1n) is 11.9. The van der Waals surface area contributed by atoms with Crippen LogP contribution in [0.3, 0.4) is 0 Å². The highest BCUT2D eigenvalue weighted by atomic mass is 16.5. The monoisotopic (exact) mass is 433 g/mol. The third-order valence-corrected chi connectivity index (χ3v) is 6.64. The Kier molecular flexibility index (Phi) is 7.15. The number of hydrogen-bond acceptors (Lipinski definition) is 3. The van der Waals surface area contributed by atoms with E-state index < -0.39 is 0 Å². The lowest BCUT2D eigenvalue weighted by Crippen LogP contribution is -2.37. The van der Waals surface area contributed by atoms with Crippen molar-refractivity contribution in [3.8, 4) is 0 Å². The molecule has 2 aromatic rings. The zero-order valence-electron chi connectivity index (χ0n) is 19.4. The fourth-order valence-corrected chi connectivity index (χ4v) is 4.79. The standard InChI is InChI=1S/C27H35N3O2/c1-4-22(32-5-2)8-6-7-15-30-25-10-9-21(27(31)29-16-12-20(3)13-17-29)18-23(25)24-19-28-14-11-26(24)30/h4,6-10,18,20,28H,1,5,11-17,19H2,2-3H3/b7-6+,22-8+. The molecule has 2 aliphatic rings. The minimum Gasteiger partial charge on any atom is -0.494 e. The molecule has 1 fully saturated rings. The molecule has 5 nitrogen and oxygen atoms in total. The van der Waals surface area contributed by atoms with Crippen molar-refractivity contribution >= 4 is 16.8 Å². The van der Waals surface area contributed by atoms with Gasteiger partial charge in [0, 0.05) is 61.3 Å². The van der Waals surface area contributed by atoms with E-state index in [1.165, 1.54) is 22.2 Å². The third-order valence-electron chi connectivity index (χ3n) is 6.64. The van der Waals surface area contributed by atoms with Crippen molar-refractivity contribution in [1.29, 1.82) is 0 Å². The first-order chi connectivity index (χ1) is 15.6. The van der Waals surface area contributed by atoms with E-state index in [9.17, 15) is 4.79 Å². The van der Waals surface area contributed by atoms with Gasteiger partial charge in [0.05, 0.1) is 6.61 Å². The molecule has 0 bridgehead atoms. The number of hydrogen-bond donors (Lipinski definition) is 1. The number of carbonyl (C=O) groups is 1. The lowest BCUT2D eigenvalue weighted by Gasteiger charge is -2.30. The minimum atomic E-state index is 0.169. The average molecular weight is 434 g/mol. The van der Waals surface area contributed by atoms with Gasteiger partial charge in [0.2, 0.25) is 0 Å². The molecule has 0 saturated carbocycles. The van der Waals surface area contributed by atoms with Crippen LogP contribution in [0.2, 0.25) is 0 Å². The molecule has 1 N–H and O–H groups in total. The van der Waals surface area contributed by atoms with Crippen LogP contribution in [0, 0.1) is 5.92 Å². The number of amides is 1. The Morgan fingerprint density at radius 1 is 1.31 bits per heavy atom. The number of benzene rings is 1. The van der Waals surface area contributed by atoms with E-state index >= 15 is 0 Å². The molecule has 0 unspecified atom stereocenters. The molecular formula is C27H35N3O2. The maximum Gasteiger partial charge on any atom is 0.253 e. The highest BCUT2D eigenvalue weighted by Crippen LogP contribution is 2.30. The number of fused-ring (bicyclic) bond motifs is 3. The Balaban J connectivity index is 1.61. The fourth-order valence-electron chi connectivity index (χ4n) is 4.79. The number of carbonyl (C=O) groups excluding carboxylic acids is 1. The number of nitrogens with one attached hydrogen (secondary N) is 1. The average Bonchev–Trinajstić information content (AvgIpc) is 3.14. The van der Waals surface area contributed by atoms with Gasteiger partial charge in [0.1, 0.15) is 5.76 Å². The largest absolute Gasteiger partial charge is 0.494 e. The molecular weight excluding hydrogens is 398 g/mol. The van der Waals surface area contributed by atoms with Gasteiger partial charge in [-0.2, -0.15) is 0 Å². The van der Waals surface area contributed by atoms with Crippen LogP contribution in [0.25, 0.3) is 10.9 Å². The van der Waals surface area contributed by atoms with Gasteiger partial charge in [0.25, 0.3) is 5.91 Å². The minimum absolute atomic E-state index is 0.169. The third kappa shape index (κ3) is 4.68. The Morgan fingerprint density at radius 3 is 2.88 bits per heavy atom. The van der Waals surface area contributed by atoms with E-state index in [0.717, 1.165) is 63.3 Å². The number of aromatic nitrogens is 1. The second-order valence-corrected chi connectivity index (χ2v) is 8.80. The highest BCUT2D eigenvalue weighted by Gasteiger charge is 2.24. The first-order valence-corrected chi connectivity index (χ1v) is 11.9. The summed E-state index contributed by atoms with van der Waals surface area (Å²) in [4.78, 5) is 15.2. The fraction of sp³-hybridized carbons (Fsp3) is 0.444. The zero-order valence-corrected chi connectivity index (χ0v) is 19.4. The Morgan fingerprint density at radius 2 is 2.12 bits per heavy atom. The summed E-state index contributed by atoms with van der Waals surface area (Å²) in [5, 5.41) is 4.71. The summed E-state index contributed by atoms with van der Waals surface area (Å²) in [6.07, 6.45) is 11.1. The molecule has 4 rings (SSSR count). The number of allylic oxidation sites excluding steroid dienone is 4. The lowest BCUT2D eigenvalue weighted by molar-refractivity contribution is 0.0697. The molecule has 170 valence electrons. The molecule has 2 aliphatic heterocycles. The quantitative estimate of drug-likeness (QED) is 0.503. The van der Waals surface area contributed by atoms with Crippen LogP contribution in [-0.4, -0.2) is 41.6 Å². The van der Waals surface area contributed by atoms with Gasteiger partial charge in [-0.1, -0.05) is 25.7 Å². The normalized spacial score (nSPS) is 17.7. The van der Waals surface area contributed by atoms with E-state index in [0.29, 0.717) is 12.5 Å². The van der Waals surface area contributed by atoms with Gasteiger partial charge >= 0.3 is 0 Å². The van der Waals surface area contributed by atoms with Gasteiger partial charge in [-0.05, 0) is 61.6 Å². The number of nitrogens with zero attached hydrogens (tertiary/aromatic N) is 2. The van der Waals surface area contributed by atoms with E-state index in [2.05, 4.69) is 41.6 Å². The molecule has 0 atom stereocenters. The predicted octanol–water partition coefficient (Wildman–Crippen LogP) is 4.82. The first kappa shape index (κ1) is 22.4. The smallest absolute Gasteiger partial charge is 0.253 e. The van der Waals surface area contributed by atoms with Crippen LogP contribution in [0.15, 0.2) is 54.8 Å². The summed E-state index contributed by atoms with van der Waals surface area (Å²) in [5.41, 5.74) is 4.71. The van der Waals surface area contributed by atoms with Crippen molar-refractivity contribution in [3.05, 3.63) is 71.7 Å². The van der Waals surface area contributed by atoms with Crippen molar-refractivity contribution in [2.45, 2.75) is 46.2 Å². The van der Waals surface area contributed by atoms with Gasteiger partial charge in [-0.25, -0.2) is 0 Å². The molecule has 0 radical (unpaired) electrons. The number of ether oxygens (including phenoxy) is 1. The van der Waals surface area contributed by atoms with E-state index in [-0.39, 0.29) is 5.91 Å². The highest BCUT2D eigenvalue weighted by molar-refractivity contribution is 5.99. The van der Waals surface area contributed by atoms with Crippen LogP contribution in [0.4, 0.5) is 0 Å². The molecule has 1 amide bonds. The molecule has 0 spiro atoms.